The first-order chi connectivity index (χ1) is 6.75. The Hall–Kier alpha value is -0.810. The number of thioether (sulfide) groups is 1. The minimum Gasteiger partial charge on any atom is -0.349 e. The van der Waals surface area contributed by atoms with Gasteiger partial charge < -0.3 is 4.90 Å². The Balaban J connectivity index is 1.99. The van der Waals surface area contributed by atoms with Crippen LogP contribution in [0.1, 0.15) is 4.88 Å². The summed E-state index contributed by atoms with van der Waals surface area (Å²) in [5, 5.41) is 2.89. The van der Waals surface area contributed by atoms with E-state index in [0.29, 0.717) is 5.75 Å². The topological polar surface area (TPSA) is 32.7 Å². The lowest BCUT2D eigenvalue weighted by molar-refractivity contribution is -0.115. The maximum Gasteiger partial charge on any atom is 0.258 e. The summed E-state index contributed by atoms with van der Waals surface area (Å²) >= 11 is 3.23. The standard InChI is InChI=1S/C9H10N2OS2/c1-11(5-7-3-2-4-13-7)9-10-8(12)6-14-9/h2-4H,5-6H2,1H3. The Bertz CT molecular complexity index is 359. The molecule has 0 saturated heterocycles. The highest BCUT2D eigenvalue weighted by Crippen LogP contribution is 2.18. The molecule has 0 saturated carbocycles. The van der Waals surface area contributed by atoms with Gasteiger partial charge in [-0.1, -0.05) is 17.8 Å². The van der Waals surface area contributed by atoms with Gasteiger partial charge in [-0.15, -0.1) is 11.3 Å². The summed E-state index contributed by atoms with van der Waals surface area (Å²) in [6.45, 7) is 0.830. The Labute approximate surface area is 90.8 Å². The van der Waals surface area contributed by atoms with Crippen molar-refractivity contribution in [2.45, 2.75) is 6.54 Å². The highest BCUT2D eigenvalue weighted by Gasteiger charge is 2.18. The van der Waals surface area contributed by atoms with Gasteiger partial charge in [0.05, 0.1) is 12.3 Å². The predicted molar refractivity (Wildman–Crippen MR) is 60.7 cm³/mol. The van der Waals surface area contributed by atoms with Crippen LogP contribution in [0.2, 0.25) is 0 Å². The molecule has 0 radical (unpaired) electrons. The van der Waals surface area contributed by atoms with Crippen LogP contribution in [0.25, 0.3) is 0 Å². The van der Waals surface area contributed by atoms with Gasteiger partial charge in [0.1, 0.15) is 0 Å². The van der Waals surface area contributed by atoms with E-state index in [4.69, 9.17) is 0 Å². The molecule has 0 atom stereocenters. The number of carbonyl (C=O) groups excluding carboxylic acids is 1. The van der Waals surface area contributed by atoms with E-state index >= 15 is 0 Å². The normalized spacial score (nSPS) is 15.8. The quantitative estimate of drug-likeness (QED) is 0.771. The molecule has 0 aromatic carbocycles. The number of thiophene rings is 1. The van der Waals surface area contributed by atoms with Crippen LogP contribution >= 0.6 is 23.1 Å². The van der Waals surface area contributed by atoms with Gasteiger partial charge in [0.2, 0.25) is 0 Å². The molecule has 14 heavy (non-hydrogen) atoms. The minimum atomic E-state index is -0.0250. The van der Waals surface area contributed by atoms with Crippen LogP contribution in [0.4, 0.5) is 0 Å². The van der Waals surface area contributed by atoms with Gasteiger partial charge in [0, 0.05) is 11.9 Å². The molecule has 3 nitrogen and oxygen atoms in total. The SMILES string of the molecule is CN(Cc1cccs1)C1=NC(=O)CS1. The molecule has 0 N–H and O–H groups in total. The lowest BCUT2D eigenvalue weighted by Gasteiger charge is -2.16. The lowest BCUT2D eigenvalue weighted by Crippen LogP contribution is -2.21. The second-order valence-corrected chi connectivity index (χ2v) is 4.99. The van der Waals surface area contributed by atoms with Crippen LogP contribution in [0, 0.1) is 0 Å². The molecule has 5 heteroatoms. The molecular formula is C9H10N2OS2. The fraction of sp³-hybridized carbons (Fsp3) is 0.333. The van der Waals surface area contributed by atoms with Gasteiger partial charge in [0.15, 0.2) is 5.17 Å². The van der Waals surface area contributed by atoms with Crippen molar-refractivity contribution < 1.29 is 4.79 Å². The Morgan fingerprint density at radius 1 is 1.64 bits per heavy atom. The molecule has 1 aromatic heterocycles. The number of hydrogen-bond acceptors (Lipinski definition) is 4. The third kappa shape index (κ3) is 2.16. The zero-order valence-electron chi connectivity index (χ0n) is 7.77. The van der Waals surface area contributed by atoms with Gasteiger partial charge in [-0.05, 0) is 11.4 Å². The Morgan fingerprint density at radius 2 is 2.50 bits per heavy atom. The second-order valence-electron chi connectivity index (χ2n) is 3.01. The maximum atomic E-state index is 10.9. The zero-order chi connectivity index (χ0) is 9.97. The molecule has 1 amide bonds. The molecule has 0 spiro atoms. The van der Waals surface area contributed by atoms with Crippen molar-refractivity contribution >= 4 is 34.2 Å². The van der Waals surface area contributed by atoms with Crippen molar-refractivity contribution in [3.05, 3.63) is 22.4 Å². The predicted octanol–water partition coefficient (Wildman–Crippen LogP) is 1.81. The second kappa shape index (κ2) is 4.14. The van der Waals surface area contributed by atoms with Crippen LogP contribution < -0.4 is 0 Å². The van der Waals surface area contributed by atoms with Gasteiger partial charge >= 0.3 is 0 Å². The summed E-state index contributed by atoms with van der Waals surface area (Å²) in [7, 11) is 1.96. The van der Waals surface area contributed by atoms with Crippen LogP contribution in [-0.2, 0) is 11.3 Å². The minimum absolute atomic E-state index is 0.0250. The molecule has 0 bridgehead atoms. The van der Waals surface area contributed by atoms with Crippen LogP contribution in [0.15, 0.2) is 22.5 Å². The highest BCUT2D eigenvalue weighted by molar-refractivity contribution is 8.14. The van der Waals surface area contributed by atoms with Crippen molar-refractivity contribution in [3.63, 3.8) is 0 Å². The van der Waals surface area contributed by atoms with Crippen molar-refractivity contribution in [1.29, 1.82) is 0 Å². The Kier molecular flexibility index (Phi) is 2.88. The van der Waals surface area contributed by atoms with E-state index in [0.717, 1.165) is 11.7 Å². The van der Waals surface area contributed by atoms with E-state index in [2.05, 4.69) is 16.4 Å². The summed E-state index contributed by atoms with van der Waals surface area (Å²) in [6.07, 6.45) is 0. The van der Waals surface area contributed by atoms with E-state index in [1.807, 2.05) is 18.0 Å². The molecule has 2 rings (SSSR count). The first kappa shape index (κ1) is 9.73. The monoisotopic (exact) mass is 226 g/mol. The largest absolute Gasteiger partial charge is 0.349 e. The van der Waals surface area contributed by atoms with Gasteiger partial charge in [-0.25, -0.2) is 0 Å². The van der Waals surface area contributed by atoms with Crippen molar-refractivity contribution in [2.75, 3.05) is 12.8 Å². The smallest absolute Gasteiger partial charge is 0.258 e. The molecule has 74 valence electrons. The molecule has 1 aliphatic heterocycles. The van der Waals surface area contributed by atoms with Crippen LogP contribution in [0.5, 0.6) is 0 Å². The lowest BCUT2D eigenvalue weighted by atomic mass is 10.4. The number of amides is 1. The first-order valence-corrected chi connectivity index (χ1v) is 6.10. The molecule has 1 aromatic rings. The first-order valence-electron chi connectivity index (χ1n) is 4.23. The average molecular weight is 226 g/mol. The van der Waals surface area contributed by atoms with Gasteiger partial charge in [-0.2, -0.15) is 4.99 Å². The van der Waals surface area contributed by atoms with Gasteiger partial charge in [0.25, 0.3) is 5.91 Å². The van der Waals surface area contributed by atoms with Crippen molar-refractivity contribution in [1.82, 2.24) is 4.90 Å². The fourth-order valence-electron chi connectivity index (χ4n) is 1.20. The Morgan fingerprint density at radius 3 is 3.07 bits per heavy atom. The van der Waals surface area contributed by atoms with Crippen molar-refractivity contribution in [2.24, 2.45) is 4.99 Å². The van der Waals surface area contributed by atoms with Crippen LogP contribution in [0.3, 0.4) is 0 Å². The summed E-state index contributed by atoms with van der Waals surface area (Å²) in [6, 6.07) is 4.12. The molecule has 0 unspecified atom stereocenters. The number of carbonyl (C=O) groups is 1. The third-order valence-electron chi connectivity index (χ3n) is 1.84. The van der Waals surface area contributed by atoms with E-state index in [-0.39, 0.29) is 5.91 Å². The van der Waals surface area contributed by atoms with Crippen molar-refractivity contribution in [3.8, 4) is 0 Å². The number of aliphatic imine (C=N–C) groups is 1. The summed E-state index contributed by atoms with van der Waals surface area (Å²) in [5.41, 5.74) is 0. The summed E-state index contributed by atoms with van der Waals surface area (Å²) in [4.78, 5) is 18.2. The van der Waals surface area contributed by atoms with E-state index in [1.54, 1.807) is 11.3 Å². The maximum absolute atomic E-state index is 10.9. The number of nitrogens with zero attached hydrogens (tertiary/aromatic N) is 2. The summed E-state index contributed by atoms with van der Waals surface area (Å²) < 4.78 is 0. The molecule has 0 fully saturated rings. The third-order valence-corrected chi connectivity index (χ3v) is 3.76. The highest BCUT2D eigenvalue weighted by atomic mass is 32.2. The van der Waals surface area contributed by atoms with E-state index in [1.165, 1.54) is 16.6 Å². The summed E-state index contributed by atoms with van der Waals surface area (Å²) in [5.74, 6) is 0.465. The average Bonchev–Trinajstić information content (AvgIpc) is 2.75. The van der Waals surface area contributed by atoms with E-state index in [9.17, 15) is 4.79 Å². The zero-order valence-corrected chi connectivity index (χ0v) is 9.40. The molecule has 2 heterocycles. The van der Waals surface area contributed by atoms with Gasteiger partial charge in [-0.3, -0.25) is 4.79 Å². The van der Waals surface area contributed by atoms with E-state index < -0.39 is 0 Å². The number of hydrogen-bond donors (Lipinski definition) is 0. The molecule has 1 aliphatic rings. The molecular weight excluding hydrogens is 216 g/mol. The van der Waals surface area contributed by atoms with Crippen LogP contribution in [-0.4, -0.2) is 28.8 Å². The number of amidine groups is 1. The fourth-order valence-corrected chi connectivity index (χ4v) is 2.72. The molecule has 0 aliphatic carbocycles. The number of rotatable bonds is 2.